The number of likely N-dealkylation sites (tertiary alicyclic amines) is 1. The zero-order valence-corrected chi connectivity index (χ0v) is 11.1. The van der Waals surface area contributed by atoms with Crippen molar-refractivity contribution in [2.24, 2.45) is 11.8 Å². The molecule has 2 rings (SSSR count). The van der Waals surface area contributed by atoms with Crippen molar-refractivity contribution in [3.63, 3.8) is 0 Å². The van der Waals surface area contributed by atoms with Crippen molar-refractivity contribution in [2.45, 2.75) is 31.7 Å². The highest BCUT2D eigenvalue weighted by atomic mass is 16.4. The summed E-state index contributed by atoms with van der Waals surface area (Å²) in [5.41, 5.74) is 0. The Kier molecular flexibility index (Phi) is 3.90. The molecule has 18 heavy (non-hydrogen) atoms. The molecule has 2 aliphatic rings. The molecule has 1 aliphatic heterocycles. The molecule has 0 aromatic rings. The van der Waals surface area contributed by atoms with E-state index in [4.69, 9.17) is 5.11 Å². The summed E-state index contributed by atoms with van der Waals surface area (Å²) in [7, 11) is 4.07. The topological polar surface area (TPSA) is 60.9 Å². The van der Waals surface area contributed by atoms with Crippen molar-refractivity contribution in [3.05, 3.63) is 0 Å². The summed E-state index contributed by atoms with van der Waals surface area (Å²) in [4.78, 5) is 27.3. The summed E-state index contributed by atoms with van der Waals surface area (Å²) in [6, 6.07) is 0.450. The molecule has 0 aromatic heterocycles. The summed E-state index contributed by atoms with van der Waals surface area (Å²) in [5.74, 6) is -0.959. The van der Waals surface area contributed by atoms with E-state index in [-0.39, 0.29) is 17.7 Å². The van der Waals surface area contributed by atoms with Gasteiger partial charge >= 0.3 is 5.97 Å². The molecule has 0 radical (unpaired) electrons. The predicted octanol–water partition coefficient (Wildman–Crippen LogP) is 0.650. The molecule has 1 amide bonds. The van der Waals surface area contributed by atoms with Crippen LogP contribution in [0.3, 0.4) is 0 Å². The molecule has 5 heteroatoms. The minimum Gasteiger partial charge on any atom is -0.481 e. The second kappa shape index (κ2) is 5.26. The summed E-state index contributed by atoms with van der Waals surface area (Å²) in [6.07, 6.45) is 2.93. The maximum absolute atomic E-state index is 12.3. The summed E-state index contributed by atoms with van der Waals surface area (Å²) >= 11 is 0. The fourth-order valence-corrected chi connectivity index (χ4v) is 3.05. The quantitative estimate of drug-likeness (QED) is 0.803. The first-order valence-electron chi connectivity index (χ1n) is 6.67. The molecule has 1 aliphatic carbocycles. The van der Waals surface area contributed by atoms with Crippen LogP contribution < -0.4 is 0 Å². The molecule has 1 heterocycles. The number of carboxylic acids is 1. The average molecular weight is 254 g/mol. The Hall–Kier alpha value is -1.10. The van der Waals surface area contributed by atoms with Crippen LogP contribution in [0, 0.1) is 11.8 Å². The van der Waals surface area contributed by atoms with Crippen LogP contribution in [-0.4, -0.2) is 60.0 Å². The number of amides is 1. The number of nitrogens with zero attached hydrogens (tertiary/aromatic N) is 2. The Bertz CT molecular complexity index is 343. The molecule has 102 valence electrons. The summed E-state index contributed by atoms with van der Waals surface area (Å²) in [6.45, 7) is 1.61. The van der Waals surface area contributed by atoms with Crippen LogP contribution in [0.25, 0.3) is 0 Å². The Balaban J connectivity index is 1.88. The molecule has 3 unspecified atom stereocenters. The van der Waals surface area contributed by atoms with E-state index in [1.54, 1.807) is 0 Å². The highest BCUT2D eigenvalue weighted by Crippen LogP contribution is 2.33. The van der Waals surface area contributed by atoms with Gasteiger partial charge in [-0.1, -0.05) is 0 Å². The first-order chi connectivity index (χ1) is 8.49. The van der Waals surface area contributed by atoms with Crippen LogP contribution in [0.5, 0.6) is 0 Å². The standard InChI is InChI=1S/C13H22N2O3/c1-14(2)11-5-6-15(8-11)12(16)9-3-4-10(7-9)13(17)18/h9-11H,3-8H2,1-2H3,(H,17,18). The minimum atomic E-state index is -0.752. The SMILES string of the molecule is CN(C)C1CCN(C(=O)C2CCC(C(=O)O)C2)C1. The van der Waals surface area contributed by atoms with E-state index in [1.807, 2.05) is 19.0 Å². The van der Waals surface area contributed by atoms with Gasteiger partial charge in [0.25, 0.3) is 0 Å². The predicted molar refractivity (Wildman–Crippen MR) is 67.1 cm³/mol. The van der Waals surface area contributed by atoms with E-state index >= 15 is 0 Å². The Labute approximate surface area is 108 Å². The van der Waals surface area contributed by atoms with Crippen molar-refractivity contribution in [1.82, 2.24) is 9.80 Å². The van der Waals surface area contributed by atoms with E-state index in [1.165, 1.54) is 0 Å². The zero-order valence-electron chi connectivity index (χ0n) is 11.1. The Morgan fingerprint density at radius 3 is 2.33 bits per heavy atom. The van der Waals surface area contributed by atoms with Crippen LogP contribution in [0.15, 0.2) is 0 Å². The number of hydrogen-bond donors (Lipinski definition) is 1. The number of aliphatic carboxylic acids is 1. The van der Waals surface area contributed by atoms with Gasteiger partial charge < -0.3 is 14.9 Å². The average Bonchev–Trinajstić information content (AvgIpc) is 2.97. The van der Waals surface area contributed by atoms with Crippen molar-refractivity contribution in [1.29, 1.82) is 0 Å². The zero-order chi connectivity index (χ0) is 13.3. The fourth-order valence-electron chi connectivity index (χ4n) is 3.05. The number of hydrogen-bond acceptors (Lipinski definition) is 3. The van der Waals surface area contributed by atoms with Gasteiger partial charge in [0.15, 0.2) is 0 Å². The van der Waals surface area contributed by atoms with E-state index in [9.17, 15) is 9.59 Å². The molecule has 0 bridgehead atoms. The maximum atomic E-state index is 12.3. The third-order valence-corrected chi connectivity index (χ3v) is 4.34. The molecule has 1 saturated carbocycles. The Morgan fingerprint density at radius 2 is 1.83 bits per heavy atom. The Morgan fingerprint density at radius 1 is 1.17 bits per heavy atom. The number of carbonyl (C=O) groups is 2. The lowest BCUT2D eigenvalue weighted by Crippen LogP contribution is -2.37. The molecule has 0 spiro atoms. The van der Waals surface area contributed by atoms with Gasteiger partial charge in [0.2, 0.25) is 5.91 Å². The molecule has 1 N–H and O–H groups in total. The second-order valence-electron chi connectivity index (χ2n) is 5.74. The van der Waals surface area contributed by atoms with Crippen LogP contribution >= 0.6 is 0 Å². The van der Waals surface area contributed by atoms with Crippen molar-refractivity contribution < 1.29 is 14.7 Å². The second-order valence-corrected chi connectivity index (χ2v) is 5.74. The third kappa shape index (κ3) is 2.66. The molecule has 0 aromatic carbocycles. The van der Waals surface area contributed by atoms with E-state index in [0.29, 0.717) is 18.9 Å². The maximum Gasteiger partial charge on any atom is 0.306 e. The van der Waals surface area contributed by atoms with Gasteiger partial charge in [-0.05, 0) is 39.8 Å². The van der Waals surface area contributed by atoms with Gasteiger partial charge in [-0.2, -0.15) is 0 Å². The molecular weight excluding hydrogens is 232 g/mol. The van der Waals surface area contributed by atoms with Gasteiger partial charge in [-0.25, -0.2) is 0 Å². The smallest absolute Gasteiger partial charge is 0.306 e. The highest BCUT2D eigenvalue weighted by Gasteiger charge is 2.38. The summed E-state index contributed by atoms with van der Waals surface area (Å²) in [5, 5.41) is 8.96. The number of likely N-dealkylation sites (N-methyl/N-ethyl adjacent to an activating group) is 1. The van der Waals surface area contributed by atoms with E-state index in [2.05, 4.69) is 4.90 Å². The van der Waals surface area contributed by atoms with E-state index < -0.39 is 5.97 Å². The number of rotatable bonds is 3. The van der Waals surface area contributed by atoms with Gasteiger partial charge in [0, 0.05) is 25.0 Å². The number of carboxylic acid groups (broad SMARTS) is 1. The van der Waals surface area contributed by atoms with E-state index in [0.717, 1.165) is 25.9 Å². The summed E-state index contributed by atoms with van der Waals surface area (Å²) < 4.78 is 0. The van der Waals surface area contributed by atoms with Gasteiger partial charge in [-0.3, -0.25) is 9.59 Å². The number of carbonyl (C=O) groups excluding carboxylic acids is 1. The van der Waals surface area contributed by atoms with Crippen LogP contribution in [-0.2, 0) is 9.59 Å². The van der Waals surface area contributed by atoms with Crippen molar-refractivity contribution >= 4 is 11.9 Å². The monoisotopic (exact) mass is 254 g/mol. The lowest BCUT2D eigenvalue weighted by molar-refractivity contribution is -0.141. The minimum absolute atomic E-state index is 0.0630. The normalized spacial score (nSPS) is 32.2. The van der Waals surface area contributed by atoms with Crippen molar-refractivity contribution in [2.75, 3.05) is 27.2 Å². The first kappa shape index (κ1) is 13.3. The lowest BCUT2D eigenvalue weighted by atomic mass is 10.0. The molecule has 5 nitrogen and oxygen atoms in total. The third-order valence-electron chi connectivity index (χ3n) is 4.34. The van der Waals surface area contributed by atoms with Gasteiger partial charge in [0.05, 0.1) is 5.92 Å². The molecular formula is C13H22N2O3. The molecule has 3 atom stereocenters. The van der Waals surface area contributed by atoms with Crippen LogP contribution in [0.1, 0.15) is 25.7 Å². The van der Waals surface area contributed by atoms with Gasteiger partial charge in [0.1, 0.15) is 0 Å². The lowest BCUT2D eigenvalue weighted by Gasteiger charge is -2.22. The molecule has 2 fully saturated rings. The molecule has 1 saturated heterocycles. The van der Waals surface area contributed by atoms with Gasteiger partial charge in [-0.15, -0.1) is 0 Å². The highest BCUT2D eigenvalue weighted by molar-refractivity contribution is 5.81. The van der Waals surface area contributed by atoms with Crippen molar-refractivity contribution in [3.8, 4) is 0 Å². The first-order valence-corrected chi connectivity index (χ1v) is 6.67. The fraction of sp³-hybridized carbons (Fsp3) is 0.846. The van der Waals surface area contributed by atoms with Crippen LogP contribution in [0.2, 0.25) is 0 Å². The van der Waals surface area contributed by atoms with Crippen LogP contribution in [0.4, 0.5) is 0 Å². The largest absolute Gasteiger partial charge is 0.481 e.